The summed E-state index contributed by atoms with van der Waals surface area (Å²) < 4.78 is 9.86. The van der Waals surface area contributed by atoms with E-state index in [0.29, 0.717) is 23.8 Å². The third-order valence-electron chi connectivity index (χ3n) is 6.16. The zero-order valence-corrected chi connectivity index (χ0v) is 17.7. The van der Waals surface area contributed by atoms with Gasteiger partial charge < -0.3 is 19.9 Å². The number of carbonyl (C=O) groups is 1. The van der Waals surface area contributed by atoms with E-state index in [1.54, 1.807) is 0 Å². The highest BCUT2D eigenvalue weighted by Crippen LogP contribution is 2.36. The van der Waals surface area contributed by atoms with Crippen LogP contribution in [0.5, 0.6) is 5.75 Å². The molecule has 0 aromatic heterocycles. The fourth-order valence-electron chi connectivity index (χ4n) is 4.61. The molecule has 1 unspecified atom stereocenters. The first-order chi connectivity index (χ1) is 15.1. The molecule has 5 nitrogen and oxygen atoms in total. The van der Waals surface area contributed by atoms with Gasteiger partial charge in [0.1, 0.15) is 5.75 Å². The van der Waals surface area contributed by atoms with Crippen LogP contribution in [0, 0.1) is 0 Å². The van der Waals surface area contributed by atoms with Crippen LogP contribution in [0.4, 0.5) is 0 Å². The number of fused-ring (bicyclic) bond motifs is 1. The fraction of sp³-hybridized carbons (Fsp3) is 0.346. The molecule has 1 aliphatic carbocycles. The number of hydrogen-bond donors (Lipinski definition) is 2. The molecule has 3 aromatic rings. The minimum absolute atomic E-state index is 0.0838. The second-order valence-electron chi connectivity index (χ2n) is 8.23. The molecule has 0 bridgehead atoms. The Bertz CT molecular complexity index is 998. The maximum atomic E-state index is 10.2. The molecular weight excluding hydrogens is 390 g/mol. The lowest BCUT2D eigenvalue weighted by Crippen LogP contribution is -2.29. The number of nitrogens with one attached hydrogen (secondary N) is 1. The van der Waals surface area contributed by atoms with Crippen LogP contribution in [-0.4, -0.2) is 30.5 Å². The van der Waals surface area contributed by atoms with Crippen molar-refractivity contribution in [2.75, 3.05) is 6.61 Å². The number of ether oxygens (including phenoxy) is 2. The molecule has 3 aromatic carbocycles. The zero-order valence-electron chi connectivity index (χ0n) is 17.7. The second kappa shape index (κ2) is 9.94. The van der Waals surface area contributed by atoms with Gasteiger partial charge in [-0.2, -0.15) is 0 Å². The maximum Gasteiger partial charge on any atom is 0.295 e. The second-order valence-corrected chi connectivity index (χ2v) is 8.23. The van der Waals surface area contributed by atoms with Gasteiger partial charge >= 0.3 is 0 Å². The summed E-state index contributed by atoms with van der Waals surface area (Å²) >= 11 is 0. The summed E-state index contributed by atoms with van der Waals surface area (Å²) in [5.74, 6) is 1.17. The Morgan fingerprint density at radius 3 is 2.65 bits per heavy atom. The van der Waals surface area contributed by atoms with E-state index >= 15 is 0 Å². The number of carbonyl (C=O) groups excluding carboxylic acids is 1. The van der Waals surface area contributed by atoms with Crippen molar-refractivity contribution >= 4 is 17.2 Å². The molecule has 0 amide bonds. The zero-order chi connectivity index (χ0) is 21.6. The molecule has 4 atom stereocenters. The predicted octanol–water partition coefficient (Wildman–Crippen LogP) is 4.70. The third-order valence-corrected chi connectivity index (χ3v) is 6.16. The average molecular weight is 420 g/mol. The standard InChI is InChI=1S/C26H29NO4/c1-18(24-8-4-6-20-5-2-3-7-25(20)24)27-22-12-9-21(15-22)19-10-13-23(14-11-19)30-16-26(29)31-17-28/h2-8,10-11,13-14,17-18,21-22,26-27,29H,9,12,15-16H2,1H3/t18-,21-,22+,26?/m1/s1. The lowest BCUT2D eigenvalue weighted by atomic mass is 9.96. The summed E-state index contributed by atoms with van der Waals surface area (Å²) in [6, 6.07) is 23.9. The minimum atomic E-state index is -1.25. The van der Waals surface area contributed by atoms with Gasteiger partial charge in [0, 0.05) is 12.1 Å². The van der Waals surface area contributed by atoms with Crippen molar-refractivity contribution in [1.82, 2.24) is 5.32 Å². The predicted molar refractivity (Wildman–Crippen MR) is 121 cm³/mol. The minimum Gasteiger partial charge on any atom is -0.487 e. The first-order valence-electron chi connectivity index (χ1n) is 10.9. The summed E-state index contributed by atoms with van der Waals surface area (Å²) in [6.07, 6.45) is 2.18. The Morgan fingerprint density at radius 1 is 1.06 bits per heavy atom. The molecule has 162 valence electrons. The molecule has 0 radical (unpaired) electrons. The first-order valence-corrected chi connectivity index (χ1v) is 10.9. The molecule has 1 saturated carbocycles. The maximum absolute atomic E-state index is 10.2. The summed E-state index contributed by atoms with van der Waals surface area (Å²) in [7, 11) is 0. The van der Waals surface area contributed by atoms with Gasteiger partial charge in [-0.05, 0) is 66.1 Å². The molecule has 2 N–H and O–H groups in total. The monoisotopic (exact) mass is 419 g/mol. The smallest absolute Gasteiger partial charge is 0.295 e. The van der Waals surface area contributed by atoms with Crippen molar-refractivity contribution in [2.45, 2.75) is 50.5 Å². The molecular formula is C26H29NO4. The first kappa shape index (κ1) is 21.3. The van der Waals surface area contributed by atoms with Crippen LogP contribution >= 0.6 is 0 Å². The van der Waals surface area contributed by atoms with Gasteiger partial charge in [-0.15, -0.1) is 0 Å². The van der Waals surface area contributed by atoms with Crippen LogP contribution < -0.4 is 10.1 Å². The van der Waals surface area contributed by atoms with Crippen molar-refractivity contribution in [3.8, 4) is 5.75 Å². The van der Waals surface area contributed by atoms with Crippen LogP contribution in [-0.2, 0) is 9.53 Å². The topological polar surface area (TPSA) is 67.8 Å². The molecule has 0 saturated heterocycles. The SMILES string of the molecule is C[C@@H](N[C@H]1CC[C@@H](c2ccc(OCC(O)OC=O)cc2)C1)c1cccc2ccccc12. The molecule has 5 heteroatoms. The van der Waals surface area contributed by atoms with Crippen LogP contribution in [0.2, 0.25) is 0 Å². The van der Waals surface area contributed by atoms with Gasteiger partial charge in [0.25, 0.3) is 6.47 Å². The molecule has 0 heterocycles. The van der Waals surface area contributed by atoms with Gasteiger partial charge in [0.2, 0.25) is 6.29 Å². The van der Waals surface area contributed by atoms with E-state index in [0.717, 1.165) is 19.3 Å². The molecule has 4 rings (SSSR count). The molecule has 31 heavy (non-hydrogen) atoms. The quantitative estimate of drug-likeness (QED) is 0.389. The van der Waals surface area contributed by atoms with E-state index in [1.807, 2.05) is 12.1 Å². The number of aliphatic hydroxyl groups is 1. The van der Waals surface area contributed by atoms with Crippen molar-refractivity contribution in [2.24, 2.45) is 0 Å². The fourth-order valence-corrected chi connectivity index (χ4v) is 4.61. The van der Waals surface area contributed by atoms with E-state index in [1.165, 1.54) is 21.9 Å². The van der Waals surface area contributed by atoms with Crippen molar-refractivity contribution in [3.63, 3.8) is 0 Å². The summed E-state index contributed by atoms with van der Waals surface area (Å²) in [5, 5.41) is 15.8. The van der Waals surface area contributed by atoms with Crippen LogP contribution in [0.1, 0.15) is 49.3 Å². The van der Waals surface area contributed by atoms with Crippen molar-refractivity contribution in [1.29, 1.82) is 0 Å². The highest BCUT2D eigenvalue weighted by molar-refractivity contribution is 5.86. The van der Waals surface area contributed by atoms with Gasteiger partial charge in [0.15, 0.2) is 6.61 Å². The Balaban J connectivity index is 1.33. The Hall–Kier alpha value is -2.89. The van der Waals surface area contributed by atoms with Crippen LogP contribution in [0.3, 0.4) is 0 Å². The summed E-state index contributed by atoms with van der Waals surface area (Å²) in [4.78, 5) is 10.2. The van der Waals surface area contributed by atoms with Gasteiger partial charge in [-0.1, -0.05) is 54.6 Å². The van der Waals surface area contributed by atoms with Gasteiger partial charge in [-0.25, -0.2) is 0 Å². The highest BCUT2D eigenvalue weighted by atomic mass is 16.6. The molecule has 1 fully saturated rings. The van der Waals surface area contributed by atoms with E-state index < -0.39 is 6.29 Å². The van der Waals surface area contributed by atoms with Crippen LogP contribution in [0.25, 0.3) is 10.8 Å². The lowest BCUT2D eigenvalue weighted by Gasteiger charge is -2.21. The lowest BCUT2D eigenvalue weighted by molar-refractivity contribution is -0.156. The summed E-state index contributed by atoms with van der Waals surface area (Å²) in [6.45, 7) is 2.38. The molecule has 0 aliphatic heterocycles. The third kappa shape index (κ3) is 5.24. The van der Waals surface area contributed by atoms with Crippen molar-refractivity contribution < 1.29 is 19.4 Å². The number of aliphatic hydroxyl groups excluding tert-OH is 1. The van der Waals surface area contributed by atoms with Gasteiger partial charge in [-0.3, -0.25) is 4.79 Å². The molecule has 0 spiro atoms. The Labute approximate surface area is 183 Å². The van der Waals surface area contributed by atoms with E-state index in [-0.39, 0.29) is 13.1 Å². The Kier molecular flexibility index (Phi) is 6.85. The number of benzene rings is 3. The van der Waals surface area contributed by atoms with E-state index in [9.17, 15) is 9.90 Å². The van der Waals surface area contributed by atoms with Crippen LogP contribution in [0.15, 0.2) is 66.7 Å². The van der Waals surface area contributed by atoms with E-state index in [2.05, 4.69) is 71.6 Å². The van der Waals surface area contributed by atoms with E-state index in [4.69, 9.17) is 4.74 Å². The molecule has 1 aliphatic rings. The largest absolute Gasteiger partial charge is 0.487 e. The average Bonchev–Trinajstić information content (AvgIpc) is 3.26. The van der Waals surface area contributed by atoms with Gasteiger partial charge in [0.05, 0.1) is 0 Å². The normalized spacial score (nSPS) is 20.3. The highest BCUT2D eigenvalue weighted by Gasteiger charge is 2.27. The number of rotatable bonds is 9. The number of hydrogen-bond acceptors (Lipinski definition) is 5. The summed E-state index contributed by atoms with van der Waals surface area (Å²) in [5.41, 5.74) is 2.66. The Morgan fingerprint density at radius 2 is 1.84 bits per heavy atom. The van der Waals surface area contributed by atoms with Crippen molar-refractivity contribution in [3.05, 3.63) is 77.9 Å².